The zero-order valence-electron chi connectivity index (χ0n) is 20.2. The molecule has 174 valence electrons. The lowest BCUT2D eigenvalue weighted by Gasteiger charge is -2.40. The van der Waals surface area contributed by atoms with E-state index in [0.29, 0.717) is 12.0 Å². The lowest BCUT2D eigenvalue weighted by atomic mass is 9.76. The van der Waals surface area contributed by atoms with Gasteiger partial charge in [-0.05, 0) is 62.1 Å². The van der Waals surface area contributed by atoms with Crippen molar-refractivity contribution in [1.82, 2.24) is 10.2 Å². The molecule has 4 nitrogen and oxygen atoms in total. The van der Waals surface area contributed by atoms with Gasteiger partial charge in [0.05, 0.1) is 10.7 Å². The fraction of sp³-hybridized carbons (Fsp3) is 0.731. The molecule has 2 aliphatic rings. The van der Waals surface area contributed by atoms with Crippen LogP contribution in [0.15, 0.2) is 18.2 Å². The van der Waals surface area contributed by atoms with Crippen molar-refractivity contribution >= 4 is 23.2 Å². The zero-order valence-corrected chi connectivity index (χ0v) is 21.0. The predicted octanol–water partition coefficient (Wildman–Crippen LogP) is 5.38. The average Bonchev–Trinajstić information content (AvgIpc) is 2.69. The van der Waals surface area contributed by atoms with E-state index in [1.165, 1.54) is 24.2 Å². The van der Waals surface area contributed by atoms with Gasteiger partial charge in [0.15, 0.2) is 0 Å². The molecule has 31 heavy (non-hydrogen) atoms. The molecule has 1 aliphatic carbocycles. The molecule has 5 heteroatoms. The van der Waals surface area contributed by atoms with Crippen LogP contribution in [-0.2, 0) is 11.2 Å². The number of anilines is 1. The highest BCUT2D eigenvalue weighted by molar-refractivity contribution is 6.34. The van der Waals surface area contributed by atoms with Gasteiger partial charge >= 0.3 is 0 Å². The molecule has 0 atom stereocenters. The Morgan fingerprint density at radius 1 is 1.19 bits per heavy atom. The topological polar surface area (TPSA) is 35.6 Å². The van der Waals surface area contributed by atoms with Crippen LogP contribution < -0.4 is 10.2 Å². The second-order valence-electron chi connectivity index (χ2n) is 10.7. The average molecular weight is 448 g/mol. The SMILES string of the molecule is CCc1cccc(N2CCN(CCC3CC(NC(=O)C(C)(C)CC(C)C)C3)CC2)c1Cl. The molecular weight excluding hydrogens is 406 g/mol. The lowest BCUT2D eigenvalue weighted by molar-refractivity contribution is -0.131. The largest absolute Gasteiger partial charge is 0.368 e. The van der Waals surface area contributed by atoms with Crippen molar-refractivity contribution in [2.45, 2.75) is 72.8 Å². The third kappa shape index (κ3) is 6.38. The highest BCUT2D eigenvalue weighted by Gasteiger charge is 2.35. The van der Waals surface area contributed by atoms with Crippen LogP contribution in [0.25, 0.3) is 0 Å². The molecule has 3 rings (SSSR count). The van der Waals surface area contributed by atoms with E-state index >= 15 is 0 Å². The Balaban J connectivity index is 1.35. The fourth-order valence-corrected chi connectivity index (χ4v) is 5.62. The number of rotatable bonds is 9. The summed E-state index contributed by atoms with van der Waals surface area (Å²) in [5.74, 6) is 1.53. The van der Waals surface area contributed by atoms with Gasteiger partial charge in [-0.1, -0.05) is 58.4 Å². The Kier molecular flexibility index (Phi) is 8.31. The first-order valence-electron chi connectivity index (χ1n) is 12.2. The Labute approximate surface area is 194 Å². The molecule has 1 aliphatic heterocycles. The zero-order chi connectivity index (χ0) is 22.6. The van der Waals surface area contributed by atoms with E-state index in [1.54, 1.807) is 0 Å². The van der Waals surface area contributed by atoms with Gasteiger partial charge in [0.2, 0.25) is 5.91 Å². The van der Waals surface area contributed by atoms with Crippen LogP contribution in [0.2, 0.25) is 5.02 Å². The number of hydrogen-bond donors (Lipinski definition) is 1. The van der Waals surface area contributed by atoms with Gasteiger partial charge in [0.1, 0.15) is 0 Å². The molecule has 1 aromatic rings. The van der Waals surface area contributed by atoms with Gasteiger partial charge in [0, 0.05) is 37.6 Å². The first-order chi connectivity index (χ1) is 14.7. The number of piperazine rings is 1. The number of halogens is 1. The number of aryl methyl sites for hydroxylation is 1. The van der Waals surface area contributed by atoms with E-state index in [9.17, 15) is 4.79 Å². The van der Waals surface area contributed by atoms with Crippen molar-refractivity contribution in [3.8, 4) is 0 Å². The maximum atomic E-state index is 12.6. The van der Waals surface area contributed by atoms with E-state index in [-0.39, 0.29) is 11.3 Å². The number of nitrogens with one attached hydrogen (secondary N) is 1. The molecule has 0 radical (unpaired) electrons. The Morgan fingerprint density at radius 2 is 1.87 bits per heavy atom. The molecule has 1 aromatic carbocycles. The smallest absolute Gasteiger partial charge is 0.225 e. The minimum Gasteiger partial charge on any atom is -0.368 e. The molecule has 1 amide bonds. The van der Waals surface area contributed by atoms with Gasteiger partial charge in [0.25, 0.3) is 0 Å². The van der Waals surface area contributed by atoms with Gasteiger partial charge in [-0.15, -0.1) is 0 Å². The van der Waals surface area contributed by atoms with Crippen molar-refractivity contribution in [2.75, 3.05) is 37.6 Å². The Hall–Kier alpha value is -1.26. The summed E-state index contributed by atoms with van der Waals surface area (Å²) in [5, 5.41) is 4.23. The van der Waals surface area contributed by atoms with Gasteiger partial charge in [-0.2, -0.15) is 0 Å². The van der Waals surface area contributed by atoms with E-state index in [2.05, 4.69) is 67.9 Å². The molecule has 0 aromatic heterocycles. The van der Waals surface area contributed by atoms with Crippen LogP contribution in [0.3, 0.4) is 0 Å². The maximum Gasteiger partial charge on any atom is 0.225 e. The van der Waals surface area contributed by atoms with E-state index < -0.39 is 0 Å². The van der Waals surface area contributed by atoms with Crippen LogP contribution >= 0.6 is 11.6 Å². The molecule has 1 N–H and O–H groups in total. The number of nitrogens with zero attached hydrogens (tertiary/aromatic N) is 2. The van der Waals surface area contributed by atoms with Crippen LogP contribution in [0.4, 0.5) is 5.69 Å². The summed E-state index contributed by atoms with van der Waals surface area (Å²) in [7, 11) is 0. The first kappa shape index (κ1) is 24.4. The van der Waals surface area contributed by atoms with Crippen LogP contribution in [0.1, 0.15) is 65.9 Å². The number of carbonyl (C=O) groups is 1. The maximum absolute atomic E-state index is 12.6. The molecule has 1 heterocycles. The molecule has 0 bridgehead atoms. The monoisotopic (exact) mass is 447 g/mol. The third-order valence-electron chi connectivity index (χ3n) is 7.11. The highest BCUT2D eigenvalue weighted by Crippen LogP contribution is 2.33. The van der Waals surface area contributed by atoms with Crippen molar-refractivity contribution in [2.24, 2.45) is 17.3 Å². The normalized spacial score (nSPS) is 22.5. The van der Waals surface area contributed by atoms with Crippen LogP contribution in [0.5, 0.6) is 0 Å². The minimum atomic E-state index is -0.265. The summed E-state index contributed by atoms with van der Waals surface area (Å²) >= 11 is 6.62. The molecule has 0 unspecified atom stereocenters. The highest BCUT2D eigenvalue weighted by atomic mass is 35.5. The molecular formula is C26H42ClN3O. The fourth-order valence-electron chi connectivity index (χ4n) is 5.24. The molecule has 2 fully saturated rings. The summed E-state index contributed by atoms with van der Waals surface area (Å²) in [5.41, 5.74) is 2.16. The second kappa shape index (κ2) is 10.6. The number of benzene rings is 1. The van der Waals surface area contributed by atoms with Crippen molar-refractivity contribution in [3.05, 3.63) is 28.8 Å². The van der Waals surface area contributed by atoms with E-state index in [4.69, 9.17) is 11.6 Å². The quantitative estimate of drug-likeness (QED) is 0.551. The van der Waals surface area contributed by atoms with Crippen LogP contribution in [-0.4, -0.2) is 49.6 Å². The summed E-state index contributed by atoms with van der Waals surface area (Å²) in [6.07, 6.45) is 5.44. The standard InChI is InChI=1S/C26H42ClN3O/c1-6-21-8-7-9-23(24(21)27)30-14-12-29(13-15-30)11-10-20-16-22(17-20)28-25(31)26(4,5)18-19(2)3/h7-9,19-20,22H,6,10-18H2,1-5H3,(H,28,31). The van der Waals surface area contributed by atoms with E-state index in [0.717, 1.165) is 62.8 Å². The van der Waals surface area contributed by atoms with Gasteiger partial charge in [-0.3, -0.25) is 9.69 Å². The molecule has 0 spiro atoms. The van der Waals surface area contributed by atoms with Crippen molar-refractivity contribution in [3.63, 3.8) is 0 Å². The predicted molar refractivity (Wildman–Crippen MR) is 132 cm³/mol. The molecule has 1 saturated heterocycles. The summed E-state index contributed by atoms with van der Waals surface area (Å²) in [6.45, 7) is 16.1. The number of amides is 1. The van der Waals surface area contributed by atoms with Crippen molar-refractivity contribution < 1.29 is 4.79 Å². The third-order valence-corrected chi connectivity index (χ3v) is 7.55. The first-order valence-corrected chi connectivity index (χ1v) is 12.6. The van der Waals surface area contributed by atoms with Crippen LogP contribution in [0, 0.1) is 17.3 Å². The second-order valence-corrected chi connectivity index (χ2v) is 11.1. The minimum absolute atomic E-state index is 0.228. The number of carbonyl (C=O) groups excluding carboxylic acids is 1. The van der Waals surface area contributed by atoms with E-state index in [1.807, 2.05) is 0 Å². The van der Waals surface area contributed by atoms with Crippen molar-refractivity contribution in [1.29, 1.82) is 0 Å². The summed E-state index contributed by atoms with van der Waals surface area (Å²) in [4.78, 5) is 17.6. The lowest BCUT2D eigenvalue weighted by Crippen LogP contribution is -2.50. The van der Waals surface area contributed by atoms with Gasteiger partial charge in [-0.25, -0.2) is 0 Å². The van der Waals surface area contributed by atoms with Gasteiger partial charge < -0.3 is 10.2 Å². The summed E-state index contributed by atoms with van der Waals surface area (Å²) in [6, 6.07) is 6.79. The Morgan fingerprint density at radius 3 is 2.48 bits per heavy atom. The summed E-state index contributed by atoms with van der Waals surface area (Å²) < 4.78 is 0. The number of hydrogen-bond acceptors (Lipinski definition) is 3. The molecule has 1 saturated carbocycles. The Bertz CT molecular complexity index is 734.